The zero-order valence-electron chi connectivity index (χ0n) is 13.1. The van der Waals surface area contributed by atoms with Gasteiger partial charge in [-0.15, -0.1) is 0 Å². The Morgan fingerprint density at radius 3 is 2.00 bits per heavy atom. The van der Waals surface area contributed by atoms with E-state index in [2.05, 4.69) is 4.98 Å². The van der Waals surface area contributed by atoms with Crippen molar-refractivity contribution in [2.75, 3.05) is 21.1 Å². The minimum Gasteiger partial charge on any atom is -0.383 e. The Labute approximate surface area is 117 Å². The van der Waals surface area contributed by atoms with Crippen molar-refractivity contribution in [3.63, 3.8) is 0 Å². The van der Waals surface area contributed by atoms with Gasteiger partial charge in [0.25, 0.3) is 0 Å². The topological polar surface area (TPSA) is 59.3 Å². The summed E-state index contributed by atoms with van der Waals surface area (Å²) in [5.41, 5.74) is 0.987. The summed E-state index contributed by atoms with van der Waals surface area (Å²) in [6.07, 6.45) is 5.73. The van der Waals surface area contributed by atoms with Crippen molar-refractivity contribution >= 4 is 6.08 Å². The van der Waals surface area contributed by atoms with Gasteiger partial charge in [-0.05, 0) is 18.2 Å². The quantitative estimate of drug-likeness (QED) is 0.608. The van der Waals surface area contributed by atoms with Crippen LogP contribution in [0, 0.1) is 10.1 Å². The summed E-state index contributed by atoms with van der Waals surface area (Å²) in [6.45, 7) is 8.00. The zero-order valence-corrected chi connectivity index (χ0v) is 13.1. The van der Waals surface area contributed by atoms with Crippen LogP contribution in [0.1, 0.15) is 33.4 Å². The Morgan fingerprint density at radius 1 is 1.21 bits per heavy atom. The molecule has 0 aliphatic heterocycles. The van der Waals surface area contributed by atoms with Crippen LogP contribution in [0.3, 0.4) is 0 Å². The first-order valence-corrected chi connectivity index (χ1v) is 6.36. The number of rotatable bonds is 2. The van der Waals surface area contributed by atoms with Crippen molar-refractivity contribution in [3.8, 4) is 0 Å². The van der Waals surface area contributed by atoms with Gasteiger partial charge < -0.3 is 4.90 Å². The molecule has 0 fully saturated rings. The SMILES string of the molecule is CC.CC.CN(C)/C=C/c1ccccn1.C[N+](=O)[O-]. The van der Waals surface area contributed by atoms with Gasteiger partial charge in [-0.2, -0.15) is 0 Å². The number of nitrogens with zero attached hydrogens (tertiary/aromatic N) is 3. The molecule has 1 rings (SSSR count). The maximum absolute atomic E-state index is 8.81. The highest BCUT2D eigenvalue weighted by Gasteiger charge is 1.83. The van der Waals surface area contributed by atoms with E-state index in [0.717, 1.165) is 12.7 Å². The smallest absolute Gasteiger partial charge is 0.194 e. The van der Waals surface area contributed by atoms with Crippen molar-refractivity contribution in [2.24, 2.45) is 0 Å². The fourth-order valence-corrected chi connectivity index (χ4v) is 0.700. The van der Waals surface area contributed by atoms with Crippen molar-refractivity contribution in [2.45, 2.75) is 27.7 Å². The van der Waals surface area contributed by atoms with Gasteiger partial charge >= 0.3 is 0 Å². The molecule has 1 aromatic heterocycles. The molecule has 0 unspecified atom stereocenters. The largest absolute Gasteiger partial charge is 0.383 e. The summed E-state index contributed by atoms with van der Waals surface area (Å²) in [5.74, 6) is 0. The van der Waals surface area contributed by atoms with Crippen LogP contribution >= 0.6 is 0 Å². The second-order valence-corrected chi connectivity index (χ2v) is 2.97. The fourth-order valence-electron chi connectivity index (χ4n) is 0.700. The third-order valence-corrected chi connectivity index (χ3v) is 1.23. The third-order valence-electron chi connectivity index (χ3n) is 1.23. The molecule has 0 atom stereocenters. The molecule has 5 nitrogen and oxygen atoms in total. The highest BCUT2D eigenvalue weighted by molar-refractivity contribution is 5.42. The minimum absolute atomic E-state index is 0.500. The normalized spacial score (nSPS) is 7.95. The van der Waals surface area contributed by atoms with E-state index in [4.69, 9.17) is 10.1 Å². The van der Waals surface area contributed by atoms with Gasteiger partial charge in [0.05, 0.1) is 5.69 Å². The number of aromatic nitrogens is 1. The predicted molar refractivity (Wildman–Crippen MR) is 82.6 cm³/mol. The third kappa shape index (κ3) is 26.0. The molecule has 0 N–H and O–H groups in total. The lowest BCUT2D eigenvalue weighted by Gasteiger charge is -2.01. The Hall–Kier alpha value is -1.91. The van der Waals surface area contributed by atoms with E-state index in [9.17, 15) is 0 Å². The summed E-state index contributed by atoms with van der Waals surface area (Å²) in [4.78, 5) is 14.4. The summed E-state index contributed by atoms with van der Waals surface area (Å²) in [7, 11) is 4.86. The Kier molecular flexibility index (Phi) is 21.6. The van der Waals surface area contributed by atoms with E-state index < -0.39 is 4.92 Å². The molecular formula is C14H27N3O2. The minimum atomic E-state index is -0.500. The van der Waals surface area contributed by atoms with E-state index in [1.54, 1.807) is 6.20 Å². The standard InChI is InChI=1S/C9H12N2.2C2H6.CH3NO2/c1-11(2)8-6-9-5-3-4-7-10-9;2*1-2;1-2(3)4/h3-8H,1-2H3;2*1-2H3;1H3/b8-6+;;;. The molecule has 0 bridgehead atoms. The lowest BCUT2D eigenvalue weighted by atomic mass is 10.3. The number of pyridine rings is 1. The first-order valence-electron chi connectivity index (χ1n) is 6.36. The monoisotopic (exact) mass is 269 g/mol. The average Bonchev–Trinajstić information content (AvgIpc) is 2.41. The van der Waals surface area contributed by atoms with Crippen molar-refractivity contribution in [3.05, 3.63) is 46.4 Å². The molecule has 0 aromatic carbocycles. The van der Waals surface area contributed by atoms with Gasteiger partial charge in [0.2, 0.25) is 0 Å². The van der Waals surface area contributed by atoms with Crippen molar-refractivity contribution in [1.29, 1.82) is 0 Å². The van der Waals surface area contributed by atoms with Crippen LogP contribution in [-0.4, -0.2) is 36.0 Å². The molecule has 110 valence electrons. The van der Waals surface area contributed by atoms with E-state index in [1.807, 2.05) is 77.2 Å². The van der Waals surface area contributed by atoms with Gasteiger partial charge in [-0.3, -0.25) is 15.1 Å². The van der Waals surface area contributed by atoms with Gasteiger partial charge in [0.1, 0.15) is 0 Å². The van der Waals surface area contributed by atoms with Gasteiger partial charge in [0.15, 0.2) is 7.05 Å². The molecular weight excluding hydrogens is 242 g/mol. The molecule has 0 aliphatic carbocycles. The molecule has 1 heterocycles. The van der Waals surface area contributed by atoms with Crippen molar-refractivity contribution < 1.29 is 4.92 Å². The van der Waals surface area contributed by atoms with Gasteiger partial charge in [-0.1, -0.05) is 33.8 Å². The summed E-state index contributed by atoms with van der Waals surface area (Å²) < 4.78 is 0. The Bertz CT molecular complexity index is 308. The van der Waals surface area contributed by atoms with Crippen molar-refractivity contribution in [1.82, 2.24) is 9.88 Å². The molecule has 0 amide bonds. The Morgan fingerprint density at radius 2 is 1.68 bits per heavy atom. The highest BCUT2D eigenvalue weighted by atomic mass is 16.6. The molecule has 5 heteroatoms. The zero-order chi connectivity index (χ0) is 15.7. The van der Waals surface area contributed by atoms with Crippen LogP contribution < -0.4 is 0 Å². The summed E-state index contributed by atoms with van der Waals surface area (Å²) in [5, 5.41) is 8.81. The lowest BCUT2D eigenvalue weighted by molar-refractivity contribution is -0.445. The average molecular weight is 269 g/mol. The number of hydrogen-bond donors (Lipinski definition) is 0. The molecule has 0 saturated carbocycles. The second-order valence-electron chi connectivity index (χ2n) is 2.97. The number of hydrogen-bond acceptors (Lipinski definition) is 4. The highest BCUT2D eigenvalue weighted by Crippen LogP contribution is 1.95. The van der Waals surface area contributed by atoms with Crippen LogP contribution in [0.4, 0.5) is 0 Å². The van der Waals surface area contributed by atoms with Crippen LogP contribution in [0.2, 0.25) is 0 Å². The van der Waals surface area contributed by atoms with Crippen LogP contribution in [0.15, 0.2) is 30.6 Å². The number of nitro groups is 1. The molecule has 0 saturated heterocycles. The maximum atomic E-state index is 8.81. The van der Waals surface area contributed by atoms with Gasteiger partial charge in [0, 0.05) is 31.4 Å². The van der Waals surface area contributed by atoms with E-state index >= 15 is 0 Å². The fraction of sp³-hybridized carbons (Fsp3) is 0.500. The maximum Gasteiger partial charge on any atom is 0.194 e. The van der Waals surface area contributed by atoms with Crippen LogP contribution in [0.25, 0.3) is 6.08 Å². The lowest BCUT2D eigenvalue weighted by Crippen LogP contribution is -1.99. The van der Waals surface area contributed by atoms with Gasteiger partial charge in [-0.25, -0.2) is 0 Å². The second kappa shape index (κ2) is 18.5. The van der Waals surface area contributed by atoms with Crippen LogP contribution in [-0.2, 0) is 0 Å². The molecule has 0 spiro atoms. The molecule has 0 aliphatic rings. The van der Waals surface area contributed by atoms with E-state index in [-0.39, 0.29) is 0 Å². The van der Waals surface area contributed by atoms with Crippen LogP contribution in [0.5, 0.6) is 0 Å². The first-order chi connectivity index (χ1) is 9.02. The molecule has 19 heavy (non-hydrogen) atoms. The summed E-state index contributed by atoms with van der Waals surface area (Å²) in [6, 6.07) is 5.86. The predicted octanol–water partition coefficient (Wildman–Crippen LogP) is 3.56. The summed E-state index contributed by atoms with van der Waals surface area (Å²) >= 11 is 0. The Balaban J connectivity index is -0.000000271. The molecule has 1 aromatic rings. The molecule has 0 radical (unpaired) electrons. The van der Waals surface area contributed by atoms with E-state index in [1.165, 1.54) is 0 Å². The van der Waals surface area contributed by atoms with E-state index in [0.29, 0.717) is 0 Å². The first kappa shape index (κ1) is 22.3.